The van der Waals surface area contributed by atoms with E-state index < -0.39 is 10.5 Å². The van der Waals surface area contributed by atoms with E-state index in [1.165, 1.54) is 38.9 Å². The summed E-state index contributed by atoms with van der Waals surface area (Å²) in [5.74, 6) is 0. The Morgan fingerprint density at radius 2 is 1.16 bits per heavy atom. The average molecular weight is 704 g/mol. The minimum Gasteiger partial charge on any atom is -0.310 e. The number of para-hydroxylation sites is 3. The normalized spacial score (nSPS) is 15.8. The molecule has 1 atom stereocenters. The van der Waals surface area contributed by atoms with Gasteiger partial charge in [-0.2, -0.15) is 0 Å². The van der Waals surface area contributed by atoms with E-state index in [1.54, 1.807) is 0 Å². The van der Waals surface area contributed by atoms with Crippen molar-refractivity contribution in [2.45, 2.75) is 17.5 Å². The third-order valence-electron chi connectivity index (χ3n) is 12.6. The van der Waals surface area contributed by atoms with Gasteiger partial charge < -0.3 is 9.47 Å². The molecule has 0 amide bonds. The number of fused-ring (bicyclic) bond motifs is 9. The summed E-state index contributed by atoms with van der Waals surface area (Å²) >= 11 is 0. The van der Waals surface area contributed by atoms with E-state index in [2.05, 4.69) is 186 Å². The molecule has 0 fully saturated rings. The molecule has 0 saturated carbocycles. The van der Waals surface area contributed by atoms with Crippen LogP contribution >= 0.6 is 0 Å². The van der Waals surface area contributed by atoms with E-state index >= 15 is 0 Å². The average Bonchev–Trinajstić information content (AvgIpc) is 3.67. The van der Waals surface area contributed by atoms with Crippen molar-refractivity contribution in [3.63, 3.8) is 0 Å². The Morgan fingerprint density at radius 3 is 1.91 bits per heavy atom. The lowest BCUT2D eigenvalue weighted by molar-refractivity contribution is 0.703. The monoisotopic (exact) mass is 704 g/mol. The Bertz CT molecular complexity index is 3130. The summed E-state index contributed by atoms with van der Waals surface area (Å²) in [6, 6.07) is 61.4. The summed E-state index contributed by atoms with van der Waals surface area (Å²) in [4.78, 5) is 2.49. The zero-order valence-corrected chi connectivity index (χ0v) is 30.8. The molecule has 8 aromatic carbocycles. The predicted molar refractivity (Wildman–Crippen MR) is 235 cm³/mol. The fourth-order valence-electron chi connectivity index (χ4n) is 10.4. The quantitative estimate of drug-likeness (QED) is 0.166. The highest BCUT2D eigenvalue weighted by atomic mass is 15.2. The van der Waals surface area contributed by atoms with E-state index in [9.17, 15) is 0 Å². The van der Waals surface area contributed by atoms with Crippen molar-refractivity contribution in [1.29, 1.82) is 0 Å². The largest absolute Gasteiger partial charge is 0.310 e. The maximum Gasteiger partial charge on any atom is 0.0625 e. The fraction of sp³-hybridized carbons (Fsp3) is 0.0588. The van der Waals surface area contributed by atoms with Crippen molar-refractivity contribution in [3.05, 3.63) is 192 Å². The fourth-order valence-corrected chi connectivity index (χ4v) is 10.4. The Kier molecular flexibility index (Phi) is 6.30. The van der Waals surface area contributed by atoms with Crippen LogP contribution < -0.4 is 4.90 Å². The molecule has 254 valence electrons. The van der Waals surface area contributed by atoms with Crippen molar-refractivity contribution in [3.8, 4) is 50.2 Å². The van der Waals surface area contributed by atoms with Gasteiger partial charge in [0.25, 0.3) is 0 Å². The third kappa shape index (κ3) is 4.00. The van der Waals surface area contributed by atoms with E-state index in [-0.39, 0.29) is 0 Å². The van der Waals surface area contributed by atoms with Gasteiger partial charge in [-0.3, -0.25) is 0 Å². The minimum atomic E-state index is -1.61. The Hall–Kier alpha value is -6.45. The summed E-state index contributed by atoms with van der Waals surface area (Å²) in [6.45, 7) is 2.42. The summed E-state index contributed by atoms with van der Waals surface area (Å²) in [6.07, 6.45) is 0. The van der Waals surface area contributed by atoms with Crippen molar-refractivity contribution in [1.82, 2.24) is 4.57 Å². The summed E-state index contributed by atoms with van der Waals surface area (Å²) in [5.41, 5.74) is 20.0. The van der Waals surface area contributed by atoms with Crippen molar-refractivity contribution in [2.24, 2.45) is 0 Å². The molecule has 0 bridgehead atoms. The number of aromatic nitrogens is 1. The Morgan fingerprint density at radius 1 is 0.500 bits per heavy atom. The van der Waals surface area contributed by atoms with Crippen molar-refractivity contribution < 1.29 is 0 Å². The second-order valence-corrected chi connectivity index (χ2v) is 15.7. The van der Waals surface area contributed by atoms with Gasteiger partial charge in [-0.15, -0.1) is 5.11 Å². The molecule has 9 aromatic rings. The van der Waals surface area contributed by atoms with Crippen LogP contribution in [-0.4, -0.2) is 28.1 Å². The van der Waals surface area contributed by atoms with Crippen LogP contribution in [0.5, 0.6) is 0 Å². The van der Waals surface area contributed by atoms with E-state index in [0.717, 1.165) is 72.4 Å². The van der Waals surface area contributed by atoms with Gasteiger partial charge in [0.1, 0.15) is 0 Å². The molecule has 0 N–H and O–H groups in total. The first-order chi connectivity index (χ1) is 27.3. The van der Waals surface area contributed by atoms with Crippen LogP contribution in [0.1, 0.15) is 29.2 Å². The molecule has 1 unspecified atom stereocenters. The van der Waals surface area contributed by atoms with Crippen LogP contribution in [0.15, 0.2) is 170 Å². The topological polar surface area (TPSA) is 8.17 Å². The van der Waals surface area contributed by atoms with Gasteiger partial charge in [-0.05, 0) is 99.5 Å². The Balaban J connectivity index is 1.34. The molecule has 56 heavy (non-hydrogen) atoms. The van der Waals surface area contributed by atoms with E-state index in [1.807, 2.05) is 0 Å². The molecule has 3 aliphatic rings. The van der Waals surface area contributed by atoms with Gasteiger partial charge in [0.2, 0.25) is 0 Å². The highest BCUT2D eigenvalue weighted by molar-refractivity contribution is 6.59. The number of nitrogens with zero attached hydrogens (tertiary/aromatic N) is 2. The number of anilines is 3. The van der Waals surface area contributed by atoms with Gasteiger partial charge in [-0.25, -0.2) is 0 Å². The van der Waals surface area contributed by atoms with Crippen molar-refractivity contribution in [2.75, 3.05) is 4.90 Å². The van der Waals surface area contributed by atoms with Crippen LogP contribution in [0.4, 0.5) is 17.1 Å². The zero-order chi connectivity index (χ0) is 37.5. The molecule has 0 saturated heterocycles. The molecule has 1 aliphatic carbocycles. The maximum absolute atomic E-state index is 6.88. The van der Waals surface area contributed by atoms with Gasteiger partial charge in [0.15, 0.2) is 0 Å². The highest BCUT2D eigenvalue weighted by Crippen LogP contribution is 2.68. The van der Waals surface area contributed by atoms with Crippen molar-refractivity contribution >= 4 is 62.4 Å². The van der Waals surface area contributed by atoms with Gasteiger partial charge in [0, 0.05) is 33.0 Å². The summed E-state index contributed by atoms with van der Waals surface area (Å²) < 4.78 is 2.44. The molecule has 3 heterocycles. The smallest absolute Gasteiger partial charge is 0.0625 e. The molecule has 2 nitrogen and oxygen atoms in total. The second kappa shape index (κ2) is 11.1. The zero-order valence-electron chi connectivity index (χ0n) is 30.8. The van der Waals surface area contributed by atoms with Gasteiger partial charge >= 0.3 is 0 Å². The van der Waals surface area contributed by atoms with Crippen LogP contribution in [0.2, 0.25) is 0 Å². The van der Waals surface area contributed by atoms with E-state index in [0.29, 0.717) is 0 Å². The third-order valence-corrected chi connectivity index (χ3v) is 12.6. The standard InChI is InChI=1S/C51H31B3N2/c1-50-38-29-39(51(52,53)54)44-36-22-12-14-24-41(36)56-40-23-13-11-21-34(40)35-25-26-42(48(50)45(35)46(38)49(44)56)55(33-19-9-4-10-20-33)43-28-32(30-15-5-2-6-16-30)27-37(47(43)50)31-17-7-3-8-18-31/h2-29H,1H3. The van der Waals surface area contributed by atoms with Crippen LogP contribution in [0, 0.1) is 0 Å². The van der Waals surface area contributed by atoms with Crippen LogP contribution in [0.3, 0.4) is 0 Å². The lowest BCUT2D eigenvalue weighted by atomic mass is 9.39. The maximum atomic E-state index is 6.88. The van der Waals surface area contributed by atoms with Gasteiger partial charge in [-0.1, -0.05) is 133 Å². The first kappa shape index (κ1) is 31.9. The van der Waals surface area contributed by atoms with Crippen LogP contribution in [-0.2, 0) is 10.5 Å². The molecule has 5 heteroatoms. The minimum absolute atomic E-state index is 0.640. The molecule has 2 aliphatic heterocycles. The number of hydrogen-bond acceptors (Lipinski definition) is 1. The second-order valence-electron chi connectivity index (χ2n) is 15.7. The Labute approximate surface area is 330 Å². The first-order valence-corrected chi connectivity index (χ1v) is 19.2. The van der Waals surface area contributed by atoms with Gasteiger partial charge in [0.05, 0.1) is 51.6 Å². The molecule has 0 spiro atoms. The molecule has 12 rings (SSSR count). The first-order valence-electron chi connectivity index (χ1n) is 19.2. The van der Waals surface area contributed by atoms with E-state index in [4.69, 9.17) is 23.5 Å². The molecular formula is C51H31B3N2. The SMILES string of the molecule is [B]C([B])([B])c1cc2c3c4c1c1ccccc1n4-c1ccccc1-c1ccc4c(c1-3)C2(C)c1c(-c2ccccc2)cc(-c2ccccc2)cc1N4c1ccccc1. The van der Waals surface area contributed by atoms with Crippen LogP contribution in [0.25, 0.3) is 72.0 Å². The molecular weight excluding hydrogens is 673 g/mol. The summed E-state index contributed by atoms with van der Waals surface area (Å²) in [7, 11) is 20.6. The molecule has 1 aromatic heterocycles. The number of benzene rings is 8. The predicted octanol–water partition coefficient (Wildman–Crippen LogP) is 11.8. The number of hydrogen-bond donors (Lipinski definition) is 0. The summed E-state index contributed by atoms with van der Waals surface area (Å²) in [5, 5.41) is 0.464. The lowest BCUT2D eigenvalue weighted by Gasteiger charge is -2.44. The lowest BCUT2D eigenvalue weighted by Crippen LogP contribution is -2.34. The highest BCUT2D eigenvalue weighted by Gasteiger charge is 2.53. The molecule has 6 radical (unpaired) electrons. The number of rotatable bonds is 4.